The van der Waals surface area contributed by atoms with Crippen molar-refractivity contribution in [3.8, 4) is 0 Å². The highest BCUT2D eigenvalue weighted by Gasteiger charge is 2.26. The van der Waals surface area contributed by atoms with E-state index in [4.69, 9.17) is 0 Å². The topological polar surface area (TPSA) is 88.2 Å². The Balaban J connectivity index is 1.77. The predicted octanol–water partition coefficient (Wildman–Crippen LogP) is 5.12. The van der Waals surface area contributed by atoms with Crippen LogP contribution in [-0.2, 0) is 4.79 Å². The van der Waals surface area contributed by atoms with Gasteiger partial charge in [0.25, 0.3) is 5.91 Å². The number of carbonyl (C=O) groups excluding carboxylic acids is 3. The van der Waals surface area contributed by atoms with E-state index in [0.29, 0.717) is 41.6 Å². The van der Waals surface area contributed by atoms with Crippen LogP contribution < -0.4 is 10.6 Å². The summed E-state index contributed by atoms with van der Waals surface area (Å²) in [5.41, 5.74) is 4.07. The second kappa shape index (κ2) is 9.30. The maximum absolute atomic E-state index is 13.0. The quantitative estimate of drug-likeness (QED) is 0.461. The molecule has 1 amide bonds. The summed E-state index contributed by atoms with van der Waals surface area (Å²) in [4.78, 5) is 41.6. The van der Waals surface area contributed by atoms with Gasteiger partial charge in [-0.15, -0.1) is 0 Å². The van der Waals surface area contributed by atoms with Crippen LogP contribution in [-0.4, -0.2) is 28.5 Å². The molecule has 2 aromatic carbocycles. The largest absolute Gasteiger partial charge is 0.354 e. The van der Waals surface area contributed by atoms with Crippen molar-refractivity contribution in [2.75, 3.05) is 5.32 Å². The lowest BCUT2D eigenvalue weighted by atomic mass is 9.96. The lowest BCUT2D eigenvalue weighted by molar-refractivity contribution is -0.117. The molecule has 0 aliphatic heterocycles. The van der Waals surface area contributed by atoms with E-state index in [0.717, 1.165) is 29.5 Å². The zero-order valence-electron chi connectivity index (χ0n) is 18.4. The Labute approximate surface area is 187 Å². The number of hydrogen-bond donors (Lipinski definition) is 2. The van der Waals surface area contributed by atoms with E-state index in [2.05, 4.69) is 15.6 Å². The summed E-state index contributed by atoms with van der Waals surface area (Å²) in [7, 11) is 0. The minimum atomic E-state index is -0.171. The van der Waals surface area contributed by atoms with Gasteiger partial charge in [0, 0.05) is 41.7 Å². The number of fused-ring (bicyclic) bond motifs is 1. The van der Waals surface area contributed by atoms with Crippen LogP contribution in [0.15, 0.2) is 48.7 Å². The molecule has 2 N–H and O–H groups in total. The highest BCUT2D eigenvalue weighted by molar-refractivity contribution is 6.10. The van der Waals surface area contributed by atoms with Crippen molar-refractivity contribution in [3.05, 3.63) is 65.4 Å². The monoisotopic (exact) mass is 429 g/mol. The second-order valence-corrected chi connectivity index (χ2v) is 8.45. The molecule has 6 heteroatoms. The molecule has 4 rings (SSSR count). The van der Waals surface area contributed by atoms with Crippen molar-refractivity contribution in [1.29, 1.82) is 0 Å². The molecule has 0 atom stereocenters. The van der Waals surface area contributed by atoms with Crippen molar-refractivity contribution in [2.24, 2.45) is 0 Å². The van der Waals surface area contributed by atoms with Crippen LogP contribution in [0.3, 0.4) is 0 Å². The van der Waals surface area contributed by atoms with E-state index in [-0.39, 0.29) is 23.5 Å². The average Bonchev–Trinajstić information content (AvgIpc) is 3.57. The molecular weight excluding hydrogens is 402 g/mol. The number of amides is 1. The number of rotatable bonds is 9. The minimum Gasteiger partial charge on any atom is -0.354 e. The zero-order chi connectivity index (χ0) is 22.7. The number of benzene rings is 2. The molecule has 32 heavy (non-hydrogen) atoms. The fourth-order valence-electron chi connectivity index (χ4n) is 3.74. The molecule has 0 saturated heterocycles. The van der Waals surface area contributed by atoms with Crippen LogP contribution in [0, 0.1) is 6.92 Å². The third kappa shape index (κ3) is 5.02. The molecule has 1 aliphatic carbocycles. The molecule has 1 saturated carbocycles. The van der Waals surface area contributed by atoms with E-state index >= 15 is 0 Å². The van der Waals surface area contributed by atoms with Gasteiger partial charge in [-0.1, -0.05) is 18.2 Å². The number of nitrogens with one attached hydrogen (secondary N) is 2. The Morgan fingerprint density at radius 2 is 1.78 bits per heavy atom. The summed E-state index contributed by atoms with van der Waals surface area (Å²) in [5, 5.41) is 7.13. The summed E-state index contributed by atoms with van der Waals surface area (Å²) in [6.07, 6.45) is 4.81. The van der Waals surface area contributed by atoms with E-state index in [1.165, 1.54) is 6.92 Å². The van der Waals surface area contributed by atoms with E-state index < -0.39 is 0 Å². The molecule has 164 valence electrons. The third-order valence-electron chi connectivity index (χ3n) is 5.65. The first-order chi connectivity index (χ1) is 15.4. The van der Waals surface area contributed by atoms with Gasteiger partial charge in [0.1, 0.15) is 5.78 Å². The van der Waals surface area contributed by atoms with Crippen molar-refractivity contribution < 1.29 is 14.4 Å². The summed E-state index contributed by atoms with van der Waals surface area (Å²) in [6.45, 7) is 3.42. The predicted molar refractivity (Wildman–Crippen MR) is 126 cm³/mol. The Morgan fingerprint density at radius 1 is 1.03 bits per heavy atom. The average molecular weight is 430 g/mol. The van der Waals surface area contributed by atoms with Gasteiger partial charge in [-0.2, -0.15) is 0 Å². The van der Waals surface area contributed by atoms with Crippen LogP contribution >= 0.6 is 0 Å². The number of aryl methyl sites for hydroxylation is 1. The van der Waals surface area contributed by atoms with E-state index in [1.54, 1.807) is 6.20 Å². The Bertz CT molecular complexity index is 1180. The van der Waals surface area contributed by atoms with Crippen molar-refractivity contribution >= 4 is 39.8 Å². The molecule has 1 aromatic heterocycles. The number of ketones is 2. The Kier molecular flexibility index (Phi) is 6.30. The van der Waals surface area contributed by atoms with Crippen LogP contribution in [0.25, 0.3) is 10.9 Å². The van der Waals surface area contributed by atoms with Gasteiger partial charge in [-0.05, 0) is 62.9 Å². The van der Waals surface area contributed by atoms with Crippen LogP contribution in [0.5, 0.6) is 0 Å². The highest BCUT2D eigenvalue weighted by Crippen LogP contribution is 2.32. The number of Topliss-reactive ketones (excluding diaryl/α,β-unsaturated/α-hetero) is 2. The molecule has 0 unspecified atom stereocenters. The smallest absolute Gasteiger partial charge is 0.255 e. The normalized spacial score (nSPS) is 13.1. The highest BCUT2D eigenvalue weighted by atomic mass is 16.2. The first-order valence-electron chi connectivity index (χ1n) is 11.0. The first kappa shape index (κ1) is 21.7. The van der Waals surface area contributed by atoms with Crippen molar-refractivity contribution in [2.45, 2.75) is 52.0 Å². The van der Waals surface area contributed by atoms with Gasteiger partial charge in [0.05, 0.1) is 16.8 Å². The summed E-state index contributed by atoms with van der Waals surface area (Å²) >= 11 is 0. The first-order valence-corrected chi connectivity index (χ1v) is 11.0. The van der Waals surface area contributed by atoms with Crippen molar-refractivity contribution in [1.82, 2.24) is 10.3 Å². The number of carbonyl (C=O) groups is 3. The standard InChI is InChI=1S/C26H27N3O3/c1-16-13-23-21(14-20(16)24(31)10-6-7-17(2)30)25(28-18-8-4-3-5-9-18)22(15-27-23)26(32)29-19-11-12-19/h3-5,8-9,13-15,19H,6-7,10-12H2,1-2H3,(H,27,28)(H,29,32). The molecule has 1 heterocycles. The fraction of sp³-hybridized carbons (Fsp3) is 0.308. The molecular formula is C26H27N3O3. The zero-order valence-corrected chi connectivity index (χ0v) is 18.4. The summed E-state index contributed by atoms with van der Waals surface area (Å²) < 4.78 is 0. The number of pyridine rings is 1. The number of para-hydroxylation sites is 1. The molecule has 0 bridgehead atoms. The van der Waals surface area contributed by atoms with Gasteiger partial charge in [0.15, 0.2) is 5.78 Å². The number of aromatic nitrogens is 1. The molecule has 0 spiro atoms. The maximum atomic E-state index is 13.0. The van der Waals surface area contributed by atoms with Gasteiger partial charge < -0.3 is 15.4 Å². The van der Waals surface area contributed by atoms with Crippen molar-refractivity contribution in [3.63, 3.8) is 0 Å². The molecule has 0 radical (unpaired) electrons. The lowest BCUT2D eigenvalue weighted by Gasteiger charge is -2.16. The van der Waals surface area contributed by atoms with Gasteiger partial charge >= 0.3 is 0 Å². The number of nitrogens with zero attached hydrogens (tertiary/aromatic N) is 1. The number of hydrogen-bond acceptors (Lipinski definition) is 5. The Morgan fingerprint density at radius 3 is 2.47 bits per heavy atom. The lowest BCUT2D eigenvalue weighted by Crippen LogP contribution is -2.26. The van der Waals surface area contributed by atoms with E-state index in [9.17, 15) is 14.4 Å². The number of anilines is 2. The second-order valence-electron chi connectivity index (χ2n) is 8.45. The maximum Gasteiger partial charge on any atom is 0.255 e. The van der Waals surface area contributed by atoms with Gasteiger partial charge in [0.2, 0.25) is 0 Å². The molecule has 1 fully saturated rings. The Hall–Kier alpha value is -3.54. The van der Waals surface area contributed by atoms with Gasteiger partial charge in [-0.3, -0.25) is 14.6 Å². The molecule has 1 aliphatic rings. The van der Waals surface area contributed by atoms with E-state index in [1.807, 2.05) is 49.4 Å². The summed E-state index contributed by atoms with van der Waals surface area (Å²) in [6, 6.07) is 13.6. The van der Waals surface area contributed by atoms with Crippen LogP contribution in [0.2, 0.25) is 0 Å². The van der Waals surface area contributed by atoms with Crippen LogP contribution in [0.4, 0.5) is 11.4 Å². The van der Waals surface area contributed by atoms with Gasteiger partial charge in [-0.25, -0.2) is 0 Å². The minimum absolute atomic E-state index is 0.0100. The fourth-order valence-corrected chi connectivity index (χ4v) is 3.74. The third-order valence-corrected chi connectivity index (χ3v) is 5.65. The SMILES string of the molecule is CC(=O)CCCC(=O)c1cc2c(Nc3ccccc3)c(C(=O)NC3CC3)cnc2cc1C. The molecule has 3 aromatic rings. The molecule has 6 nitrogen and oxygen atoms in total. The van der Waals surface area contributed by atoms with Crippen LogP contribution in [0.1, 0.15) is 65.3 Å². The summed E-state index contributed by atoms with van der Waals surface area (Å²) in [5.74, 6) is -0.0997.